The molecular weight excluding hydrogens is 530 g/mol. The third kappa shape index (κ3) is 7.49. The molecule has 9 heteroatoms. The van der Waals surface area contributed by atoms with E-state index in [4.69, 9.17) is 4.74 Å². The first-order chi connectivity index (χ1) is 18.7. The van der Waals surface area contributed by atoms with Crippen molar-refractivity contribution in [2.24, 2.45) is 0 Å². The van der Waals surface area contributed by atoms with Gasteiger partial charge >= 0.3 is 12.1 Å². The van der Waals surface area contributed by atoms with Crippen molar-refractivity contribution in [1.29, 1.82) is 0 Å². The van der Waals surface area contributed by atoms with E-state index in [1.165, 1.54) is 24.8 Å². The Labute approximate surface area is 236 Å². The minimum Gasteiger partial charge on any atom is -0.478 e. The highest BCUT2D eigenvalue weighted by Gasteiger charge is 2.32. The Hall–Kier alpha value is -3.69. The van der Waals surface area contributed by atoms with E-state index < -0.39 is 38.9 Å². The molecule has 0 saturated heterocycles. The normalized spacial score (nSPS) is 12.7. The minimum absolute atomic E-state index is 0.00732. The van der Waals surface area contributed by atoms with Crippen molar-refractivity contribution in [2.45, 2.75) is 62.9 Å². The van der Waals surface area contributed by atoms with Gasteiger partial charge < -0.3 is 19.8 Å². The molecular formula is C31H37NO7S. The number of aromatic carboxylic acids is 1. The summed E-state index contributed by atoms with van der Waals surface area (Å²) in [7, 11) is -4.04. The van der Waals surface area contributed by atoms with Gasteiger partial charge in [0.25, 0.3) is 0 Å². The first-order valence-electron chi connectivity index (χ1n) is 13.1. The van der Waals surface area contributed by atoms with Gasteiger partial charge in [0.2, 0.25) is 0 Å². The summed E-state index contributed by atoms with van der Waals surface area (Å²) in [5, 5.41) is 20.0. The fraction of sp³-hybridized carbons (Fsp3) is 0.355. The number of benzene rings is 3. The third-order valence-electron chi connectivity index (χ3n) is 6.34. The zero-order chi connectivity index (χ0) is 29.7. The van der Waals surface area contributed by atoms with Gasteiger partial charge in [0.15, 0.2) is 9.84 Å². The summed E-state index contributed by atoms with van der Waals surface area (Å²) >= 11 is 0. The Bertz CT molecular complexity index is 1430. The van der Waals surface area contributed by atoms with Crippen LogP contribution in [0.2, 0.25) is 0 Å². The van der Waals surface area contributed by atoms with Crippen molar-refractivity contribution in [3.05, 3.63) is 89.5 Å². The zero-order valence-electron chi connectivity index (χ0n) is 23.5. The molecule has 1 amide bonds. The van der Waals surface area contributed by atoms with Crippen molar-refractivity contribution < 1.29 is 33.0 Å². The number of carboxylic acid groups (broad SMARTS) is 1. The maximum atomic E-state index is 13.6. The van der Waals surface area contributed by atoms with Gasteiger partial charge in [-0.2, -0.15) is 0 Å². The average Bonchev–Trinajstić information content (AvgIpc) is 2.90. The Morgan fingerprint density at radius 2 is 1.50 bits per heavy atom. The van der Waals surface area contributed by atoms with Crippen molar-refractivity contribution in [3.63, 3.8) is 0 Å². The van der Waals surface area contributed by atoms with Crippen molar-refractivity contribution in [3.8, 4) is 11.1 Å². The molecule has 0 aliphatic rings. The van der Waals surface area contributed by atoms with Gasteiger partial charge in [-0.15, -0.1) is 0 Å². The zero-order valence-corrected chi connectivity index (χ0v) is 24.3. The highest BCUT2D eigenvalue weighted by Crippen LogP contribution is 2.34. The van der Waals surface area contributed by atoms with Crippen LogP contribution in [-0.4, -0.2) is 59.5 Å². The molecule has 0 aliphatic heterocycles. The molecule has 3 aromatic carbocycles. The van der Waals surface area contributed by atoms with Crippen molar-refractivity contribution in [1.82, 2.24) is 4.90 Å². The highest BCUT2D eigenvalue weighted by molar-refractivity contribution is 7.92. The van der Waals surface area contributed by atoms with Gasteiger partial charge in [-0.05, 0) is 69.4 Å². The quantitative estimate of drug-likeness (QED) is 0.320. The number of carbonyl (C=O) groups excluding carboxylic acids is 1. The standard InChI is InChI=1S/C31H37NO7S/c1-21(2)40(37,38)28-25(24(16-17-26(28)29(34)35)22-12-8-6-9-13-22)18-19-32(30(36)39-31(3,4)5)20-27(33)23-14-10-7-11-15-23/h6-17,21,27,33H,18-20H2,1-5H3,(H,34,35)/t27-/m0/s1. The number of ether oxygens (including phenoxy) is 1. The summed E-state index contributed by atoms with van der Waals surface area (Å²) in [6.45, 7) is 8.06. The molecule has 214 valence electrons. The SMILES string of the molecule is CC(C)S(=O)(=O)c1c(C(=O)O)ccc(-c2ccccc2)c1CCN(C[C@H](O)c1ccccc1)C(=O)OC(C)(C)C. The number of hydrogen-bond donors (Lipinski definition) is 2. The molecule has 0 heterocycles. The molecule has 0 fully saturated rings. The van der Waals surface area contributed by atoms with E-state index in [1.807, 2.05) is 36.4 Å². The van der Waals surface area contributed by atoms with Gasteiger partial charge in [-0.3, -0.25) is 0 Å². The van der Waals surface area contributed by atoms with E-state index >= 15 is 0 Å². The van der Waals surface area contributed by atoms with Gasteiger partial charge in [-0.25, -0.2) is 18.0 Å². The molecule has 0 spiro atoms. The fourth-order valence-electron chi connectivity index (χ4n) is 4.31. The average molecular weight is 568 g/mol. The van der Waals surface area contributed by atoms with E-state index in [1.54, 1.807) is 51.1 Å². The number of amides is 1. The number of nitrogens with zero attached hydrogens (tertiary/aromatic N) is 1. The summed E-state index contributed by atoms with van der Waals surface area (Å²) < 4.78 is 32.8. The van der Waals surface area contributed by atoms with Crippen LogP contribution >= 0.6 is 0 Å². The van der Waals surface area contributed by atoms with Gasteiger partial charge in [0, 0.05) is 6.54 Å². The molecule has 0 aromatic heterocycles. The Kier molecular flexibility index (Phi) is 9.76. The number of hydrogen-bond acceptors (Lipinski definition) is 6. The molecule has 3 aromatic rings. The molecule has 3 rings (SSSR count). The van der Waals surface area contributed by atoms with Crippen LogP contribution in [0.1, 0.15) is 62.2 Å². The van der Waals surface area contributed by atoms with E-state index in [-0.39, 0.29) is 30.0 Å². The molecule has 40 heavy (non-hydrogen) atoms. The first-order valence-corrected chi connectivity index (χ1v) is 14.7. The molecule has 0 radical (unpaired) electrons. The number of sulfone groups is 1. The Morgan fingerprint density at radius 1 is 0.925 bits per heavy atom. The second kappa shape index (κ2) is 12.7. The first kappa shape index (κ1) is 30.8. The lowest BCUT2D eigenvalue weighted by molar-refractivity contribution is 0.0146. The Balaban J connectivity index is 2.13. The molecule has 1 atom stereocenters. The minimum atomic E-state index is -4.04. The molecule has 0 bridgehead atoms. The molecule has 8 nitrogen and oxygen atoms in total. The predicted octanol–water partition coefficient (Wildman–Crippen LogP) is 5.75. The van der Waals surface area contributed by atoms with Crippen LogP contribution in [0.5, 0.6) is 0 Å². The summed E-state index contributed by atoms with van der Waals surface area (Å²) in [6.07, 6.45) is -1.69. The lowest BCUT2D eigenvalue weighted by Crippen LogP contribution is -2.40. The number of carboxylic acids is 1. The third-order valence-corrected chi connectivity index (χ3v) is 8.62. The second-order valence-corrected chi connectivity index (χ2v) is 13.3. The van der Waals surface area contributed by atoms with Crippen LogP contribution in [0, 0.1) is 0 Å². The second-order valence-electron chi connectivity index (χ2n) is 10.8. The van der Waals surface area contributed by atoms with Crippen LogP contribution in [-0.2, 0) is 21.0 Å². The number of aliphatic hydroxyl groups is 1. The van der Waals surface area contributed by atoms with Crippen LogP contribution in [0.25, 0.3) is 11.1 Å². The van der Waals surface area contributed by atoms with Crippen LogP contribution < -0.4 is 0 Å². The summed E-state index contributed by atoms with van der Waals surface area (Å²) in [5.74, 6) is -1.36. The number of carbonyl (C=O) groups is 2. The van der Waals surface area contributed by atoms with E-state index in [2.05, 4.69) is 0 Å². The van der Waals surface area contributed by atoms with Gasteiger partial charge in [0.05, 0.1) is 28.4 Å². The van der Waals surface area contributed by atoms with E-state index in [0.717, 1.165) is 0 Å². The maximum absolute atomic E-state index is 13.6. The van der Waals surface area contributed by atoms with Crippen LogP contribution in [0.3, 0.4) is 0 Å². The molecule has 2 N–H and O–H groups in total. The van der Waals surface area contributed by atoms with Crippen LogP contribution in [0.15, 0.2) is 77.7 Å². The topological polar surface area (TPSA) is 121 Å². The largest absolute Gasteiger partial charge is 0.478 e. The van der Waals surface area contributed by atoms with E-state index in [0.29, 0.717) is 22.3 Å². The fourth-order valence-corrected chi connectivity index (χ4v) is 5.80. The summed E-state index contributed by atoms with van der Waals surface area (Å²) in [5.41, 5.74) is 1.04. The van der Waals surface area contributed by atoms with Crippen LogP contribution in [0.4, 0.5) is 4.79 Å². The molecule has 0 aliphatic carbocycles. The highest BCUT2D eigenvalue weighted by atomic mass is 32.2. The maximum Gasteiger partial charge on any atom is 0.410 e. The lowest BCUT2D eigenvalue weighted by Gasteiger charge is -2.30. The summed E-state index contributed by atoms with van der Waals surface area (Å²) in [4.78, 5) is 26.5. The number of aliphatic hydroxyl groups excluding tert-OH is 1. The monoisotopic (exact) mass is 567 g/mol. The number of rotatable bonds is 10. The Morgan fingerprint density at radius 3 is 2.02 bits per heavy atom. The lowest BCUT2D eigenvalue weighted by atomic mass is 9.95. The van der Waals surface area contributed by atoms with Crippen molar-refractivity contribution in [2.75, 3.05) is 13.1 Å². The smallest absolute Gasteiger partial charge is 0.410 e. The summed E-state index contributed by atoms with van der Waals surface area (Å²) in [6, 6.07) is 20.9. The van der Waals surface area contributed by atoms with Gasteiger partial charge in [-0.1, -0.05) is 66.7 Å². The van der Waals surface area contributed by atoms with E-state index in [9.17, 15) is 28.2 Å². The van der Waals surface area contributed by atoms with Crippen molar-refractivity contribution >= 4 is 21.9 Å². The predicted molar refractivity (Wildman–Crippen MR) is 154 cm³/mol. The van der Waals surface area contributed by atoms with Gasteiger partial charge in [0.1, 0.15) is 5.60 Å². The molecule has 0 unspecified atom stereocenters. The molecule has 0 saturated carbocycles.